The topological polar surface area (TPSA) is 35.2 Å². The SMILES string of the molecule is C[C@H](N)c1cccc(F)c1Oc1ccc2c(c1)CCCC2. The maximum Gasteiger partial charge on any atom is 0.167 e. The Morgan fingerprint density at radius 2 is 1.86 bits per heavy atom. The van der Waals surface area contributed by atoms with Crippen LogP contribution >= 0.6 is 0 Å². The fourth-order valence-electron chi connectivity index (χ4n) is 2.88. The van der Waals surface area contributed by atoms with Gasteiger partial charge in [0.2, 0.25) is 0 Å². The Morgan fingerprint density at radius 1 is 1.10 bits per heavy atom. The van der Waals surface area contributed by atoms with E-state index >= 15 is 0 Å². The maximum absolute atomic E-state index is 14.1. The number of rotatable bonds is 3. The lowest BCUT2D eigenvalue weighted by atomic mass is 9.92. The third kappa shape index (κ3) is 2.93. The zero-order valence-corrected chi connectivity index (χ0v) is 12.2. The van der Waals surface area contributed by atoms with Gasteiger partial charge in [0, 0.05) is 11.6 Å². The number of ether oxygens (including phenoxy) is 1. The fraction of sp³-hybridized carbons (Fsp3) is 0.333. The fourth-order valence-corrected chi connectivity index (χ4v) is 2.88. The minimum absolute atomic E-state index is 0.239. The van der Waals surface area contributed by atoms with E-state index in [0.717, 1.165) is 12.8 Å². The second-order valence-corrected chi connectivity index (χ2v) is 5.69. The largest absolute Gasteiger partial charge is 0.454 e. The molecule has 1 aliphatic carbocycles. The summed E-state index contributed by atoms with van der Waals surface area (Å²) >= 11 is 0. The molecule has 0 radical (unpaired) electrons. The minimum atomic E-state index is -0.373. The molecule has 1 atom stereocenters. The molecule has 0 spiro atoms. The Labute approximate surface area is 124 Å². The first-order valence-corrected chi connectivity index (χ1v) is 7.49. The van der Waals surface area contributed by atoms with Crippen LogP contribution in [0.2, 0.25) is 0 Å². The van der Waals surface area contributed by atoms with Crippen molar-refractivity contribution in [3.63, 3.8) is 0 Å². The predicted molar refractivity (Wildman–Crippen MR) is 82.2 cm³/mol. The summed E-state index contributed by atoms with van der Waals surface area (Å²) in [6.45, 7) is 1.83. The molecule has 0 saturated heterocycles. The Kier molecular flexibility index (Phi) is 3.93. The monoisotopic (exact) mass is 285 g/mol. The molecule has 0 heterocycles. The van der Waals surface area contributed by atoms with Crippen LogP contribution in [0.25, 0.3) is 0 Å². The van der Waals surface area contributed by atoms with Crippen molar-refractivity contribution >= 4 is 0 Å². The van der Waals surface area contributed by atoms with E-state index in [9.17, 15) is 4.39 Å². The van der Waals surface area contributed by atoms with Gasteiger partial charge >= 0.3 is 0 Å². The summed E-state index contributed by atoms with van der Waals surface area (Å²) in [5.41, 5.74) is 9.29. The lowest BCUT2D eigenvalue weighted by Crippen LogP contribution is -2.08. The van der Waals surface area contributed by atoms with E-state index < -0.39 is 0 Å². The number of halogens is 1. The first-order chi connectivity index (χ1) is 10.1. The van der Waals surface area contributed by atoms with Gasteiger partial charge in [-0.15, -0.1) is 0 Å². The van der Waals surface area contributed by atoms with Gasteiger partial charge in [0.05, 0.1) is 0 Å². The Morgan fingerprint density at radius 3 is 2.62 bits per heavy atom. The Hall–Kier alpha value is -1.87. The molecule has 2 N–H and O–H groups in total. The number of aryl methyl sites for hydroxylation is 2. The van der Waals surface area contributed by atoms with E-state index in [1.807, 2.05) is 25.1 Å². The summed E-state index contributed by atoms with van der Waals surface area (Å²) in [7, 11) is 0. The second kappa shape index (κ2) is 5.86. The molecule has 0 amide bonds. The van der Waals surface area contributed by atoms with Crippen molar-refractivity contribution in [2.24, 2.45) is 5.73 Å². The highest BCUT2D eigenvalue weighted by molar-refractivity contribution is 5.43. The summed E-state index contributed by atoms with van der Waals surface area (Å²) in [6.07, 6.45) is 4.65. The molecule has 0 aromatic heterocycles. The summed E-state index contributed by atoms with van der Waals surface area (Å²) < 4.78 is 19.9. The number of para-hydroxylation sites is 1. The number of nitrogens with two attached hydrogens (primary N) is 1. The summed E-state index contributed by atoms with van der Waals surface area (Å²) in [5.74, 6) is 0.549. The zero-order chi connectivity index (χ0) is 14.8. The molecule has 0 bridgehead atoms. The molecular formula is C18H20FNO. The number of benzene rings is 2. The van der Waals surface area contributed by atoms with Crippen molar-refractivity contribution in [2.45, 2.75) is 38.6 Å². The quantitative estimate of drug-likeness (QED) is 0.900. The minimum Gasteiger partial charge on any atom is -0.454 e. The van der Waals surface area contributed by atoms with Crippen molar-refractivity contribution in [2.75, 3.05) is 0 Å². The smallest absolute Gasteiger partial charge is 0.167 e. The molecular weight excluding hydrogens is 265 g/mol. The standard InChI is InChI=1S/C18H20FNO/c1-12(20)16-7-4-8-17(19)18(16)21-15-10-9-13-5-2-3-6-14(13)11-15/h4,7-12H,2-3,5-6,20H2,1H3/t12-/m0/s1. The highest BCUT2D eigenvalue weighted by Gasteiger charge is 2.15. The number of hydrogen-bond donors (Lipinski definition) is 1. The van der Waals surface area contributed by atoms with Crippen molar-refractivity contribution in [1.29, 1.82) is 0 Å². The average Bonchev–Trinajstić information content (AvgIpc) is 2.49. The number of fused-ring (bicyclic) bond motifs is 1. The molecule has 0 saturated carbocycles. The molecule has 3 rings (SSSR count). The average molecular weight is 285 g/mol. The van der Waals surface area contributed by atoms with Crippen molar-refractivity contribution in [3.8, 4) is 11.5 Å². The third-order valence-corrected chi connectivity index (χ3v) is 4.03. The molecule has 0 unspecified atom stereocenters. The lowest BCUT2D eigenvalue weighted by Gasteiger charge is -2.18. The van der Waals surface area contributed by atoms with Gasteiger partial charge in [-0.2, -0.15) is 0 Å². The molecule has 21 heavy (non-hydrogen) atoms. The van der Waals surface area contributed by atoms with E-state index in [0.29, 0.717) is 11.3 Å². The second-order valence-electron chi connectivity index (χ2n) is 5.69. The van der Waals surface area contributed by atoms with E-state index in [2.05, 4.69) is 6.07 Å². The van der Waals surface area contributed by atoms with Gasteiger partial charge < -0.3 is 10.5 Å². The van der Waals surface area contributed by atoms with Crippen LogP contribution in [0.3, 0.4) is 0 Å². The van der Waals surface area contributed by atoms with Crippen LogP contribution < -0.4 is 10.5 Å². The van der Waals surface area contributed by atoms with Gasteiger partial charge in [-0.05, 0) is 61.9 Å². The molecule has 2 aromatic rings. The first-order valence-electron chi connectivity index (χ1n) is 7.49. The molecule has 1 aliphatic rings. The van der Waals surface area contributed by atoms with Crippen LogP contribution in [0.1, 0.15) is 42.5 Å². The van der Waals surface area contributed by atoms with E-state index in [-0.39, 0.29) is 17.6 Å². The number of hydrogen-bond acceptors (Lipinski definition) is 2. The molecule has 0 aliphatic heterocycles. The van der Waals surface area contributed by atoms with Gasteiger partial charge in [0.15, 0.2) is 11.6 Å². The maximum atomic E-state index is 14.1. The first kappa shape index (κ1) is 14.1. The summed E-state index contributed by atoms with van der Waals surface area (Å²) in [6, 6.07) is 10.6. The van der Waals surface area contributed by atoms with Crippen LogP contribution in [0.5, 0.6) is 11.5 Å². The summed E-state index contributed by atoms with van der Waals surface area (Å²) in [5, 5.41) is 0. The van der Waals surface area contributed by atoms with E-state index in [1.165, 1.54) is 30.0 Å². The Bertz CT molecular complexity index is 652. The van der Waals surface area contributed by atoms with Crippen LogP contribution in [-0.4, -0.2) is 0 Å². The van der Waals surface area contributed by atoms with E-state index in [1.54, 1.807) is 6.07 Å². The van der Waals surface area contributed by atoms with Gasteiger partial charge in [0.1, 0.15) is 5.75 Å². The molecule has 3 heteroatoms. The van der Waals surface area contributed by atoms with Crippen LogP contribution in [-0.2, 0) is 12.8 Å². The molecule has 2 aromatic carbocycles. The van der Waals surface area contributed by atoms with Crippen molar-refractivity contribution in [1.82, 2.24) is 0 Å². The molecule has 0 fully saturated rings. The van der Waals surface area contributed by atoms with Gasteiger partial charge in [0.25, 0.3) is 0 Å². The van der Waals surface area contributed by atoms with Gasteiger partial charge in [-0.3, -0.25) is 0 Å². The zero-order valence-electron chi connectivity index (χ0n) is 12.2. The van der Waals surface area contributed by atoms with Crippen molar-refractivity contribution < 1.29 is 9.13 Å². The Balaban J connectivity index is 1.94. The van der Waals surface area contributed by atoms with Crippen molar-refractivity contribution in [3.05, 3.63) is 58.9 Å². The molecule has 2 nitrogen and oxygen atoms in total. The predicted octanol–water partition coefficient (Wildman–Crippen LogP) is 4.52. The highest BCUT2D eigenvalue weighted by atomic mass is 19.1. The van der Waals surface area contributed by atoms with Crippen LogP contribution in [0.15, 0.2) is 36.4 Å². The third-order valence-electron chi connectivity index (χ3n) is 4.03. The van der Waals surface area contributed by atoms with Crippen LogP contribution in [0, 0.1) is 5.82 Å². The van der Waals surface area contributed by atoms with Gasteiger partial charge in [-0.1, -0.05) is 18.2 Å². The van der Waals surface area contributed by atoms with Gasteiger partial charge in [-0.25, -0.2) is 4.39 Å². The normalized spacial score (nSPS) is 15.4. The lowest BCUT2D eigenvalue weighted by molar-refractivity contribution is 0.431. The van der Waals surface area contributed by atoms with E-state index in [4.69, 9.17) is 10.5 Å². The summed E-state index contributed by atoms with van der Waals surface area (Å²) in [4.78, 5) is 0. The molecule has 110 valence electrons. The van der Waals surface area contributed by atoms with Crippen LogP contribution in [0.4, 0.5) is 4.39 Å². The highest BCUT2D eigenvalue weighted by Crippen LogP contribution is 2.33.